The molecule has 3 heterocycles. The summed E-state index contributed by atoms with van der Waals surface area (Å²) in [4.78, 5) is 9.32. The predicted molar refractivity (Wildman–Crippen MR) is 122 cm³/mol. The van der Waals surface area contributed by atoms with E-state index in [0.717, 1.165) is 33.5 Å². The molecule has 4 heteroatoms. The highest BCUT2D eigenvalue weighted by molar-refractivity contribution is 6.05. The minimum atomic E-state index is 0.271. The van der Waals surface area contributed by atoms with Gasteiger partial charge in [-0.1, -0.05) is 58.0 Å². The van der Waals surface area contributed by atoms with Crippen LogP contribution in [0.5, 0.6) is 0 Å². The summed E-state index contributed by atoms with van der Waals surface area (Å²) in [5, 5.41) is 1.09. The normalized spacial score (nSPS) is 11.9. The molecule has 0 spiro atoms. The number of nitrogens with zero attached hydrogens (tertiary/aromatic N) is 3. The fraction of sp³-hybridized carbons (Fsp3) is 0.231. The standard InChI is InChI=1S/C26H25N3O/c1-16(2)19-15-20-23-21(11-8-12-27-23)30-25(20)22(17(3)4)24(19)29-14-13-28-26(29)18-9-6-5-7-10-18/h5-17H,1-4H3. The molecule has 0 amide bonds. The van der Waals surface area contributed by atoms with E-state index in [0.29, 0.717) is 5.92 Å². The first-order valence-electron chi connectivity index (χ1n) is 10.5. The number of furan rings is 1. The van der Waals surface area contributed by atoms with Crippen molar-refractivity contribution in [3.63, 3.8) is 0 Å². The Morgan fingerprint density at radius 1 is 0.867 bits per heavy atom. The summed E-state index contributed by atoms with van der Waals surface area (Å²) >= 11 is 0. The zero-order chi connectivity index (χ0) is 20.8. The van der Waals surface area contributed by atoms with Gasteiger partial charge in [-0.3, -0.25) is 9.55 Å². The summed E-state index contributed by atoms with van der Waals surface area (Å²) < 4.78 is 8.59. The van der Waals surface area contributed by atoms with Gasteiger partial charge in [0.25, 0.3) is 0 Å². The smallest absolute Gasteiger partial charge is 0.153 e. The molecule has 0 aliphatic rings. The van der Waals surface area contributed by atoms with E-state index in [2.05, 4.69) is 73.8 Å². The number of rotatable bonds is 4. The Bertz CT molecular complexity index is 1340. The Morgan fingerprint density at radius 2 is 1.67 bits per heavy atom. The molecule has 5 aromatic rings. The van der Waals surface area contributed by atoms with Crippen molar-refractivity contribution >= 4 is 22.1 Å². The van der Waals surface area contributed by atoms with E-state index in [1.54, 1.807) is 0 Å². The van der Waals surface area contributed by atoms with E-state index in [-0.39, 0.29) is 5.92 Å². The largest absolute Gasteiger partial charge is 0.454 e. The van der Waals surface area contributed by atoms with Crippen LogP contribution >= 0.6 is 0 Å². The molecule has 0 bridgehead atoms. The molecule has 150 valence electrons. The van der Waals surface area contributed by atoms with Crippen molar-refractivity contribution in [3.05, 3.63) is 78.2 Å². The van der Waals surface area contributed by atoms with Gasteiger partial charge in [0.15, 0.2) is 5.58 Å². The van der Waals surface area contributed by atoms with Crippen molar-refractivity contribution in [3.8, 4) is 17.1 Å². The predicted octanol–water partition coefficient (Wildman–Crippen LogP) is 7.08. The number of hydrogen-bond donors (Lipinski definition) is 0. The third kappa shape index (κ3) is 2.83. The van der Waals surface area contributed by atoms with Crippen LogP contribution < -0.4 is 0 Å². The van der Waals surface area contributed by atoms with Gasteiger partial charge in [0.2, 0.25) is 0 Å². The Balaban J connectivity index is 1.91. The first kappa shape index (κ1) is 18.6. The van der Waals surface area contributed by atoms with Crippen LogP contribution in [0, 0.1) is 0 Å². The van der Waals surface area contributed by atoms with Gasteiger partial charge in [-0.15, -0.1) is 0 Å². The Kier molecular flexibility index (Phi) is 4.43. The molecule has 0 N–H and O–H groups in total. The van der Waals surface area contributed by atoms with Crippen molar-refractivity contribution in [2.75, 3.05) is 0 Å². The van der Waals surface area contributed by atoms with Crippen molar-refractivity contribution in [2.24, 2.45) is 0 Å². The molecular weight excluding hydrogens is 370 g/mol. The van der Waals surface area contributed by atoms with Crippen LogP contribution in [0.1, 0.15) is 50.7 Å². The van der Waals surface area contributed by atoms with Crippen LogP contribution in [-0.2, 0) is 0 Å². The number of pyridine rings is 1. The minimum absolute atomic E-state index is 0.271. The Labute approximate surface area is 176 Å². The maximum atomic E-state index is 6.37. The molecule has 2 aromatic carbocycles. The van der Waals surface area contributed by atoms with Crippen molar-refractivity contribution in [1.29, 1.82) is 0 Å². The number of hydrogen-bond acceptors (Lipinski definition) is 3. The lowest BCUT2D eigenvalue weighted by molar-refractivity contribution is 0.654. The quantitative estimate of drug-likeness (QED) is 0.326. The molecule has 5 rings (SSSR count). The first-order valence-corrected chi connectivity index (χ1v) is 10.5. The molecule has 0 unspecified atom stereocenters. The van der Waals surface area contributed by atoms with Crippen LogP contribution in [0.3, 0.4) is 0 Å². The highest BCUT2D eigenvalue weighted by Crippen LogP contribution is 2.42. The Morgan fingerprint density at radius 3 is 2.40 bits per heavy atom. The first-order chi connectivity index (χ1) is 14.6. The van der Waals surface area contributed by atoms with Gasteiger partial charge < -0.3 is 4.42 Å². The second kappa shape index (κ2) is 7.13. The summed E-state index contributed by atoms with van der Waals surface area (Å²) in [7, 11) is 0. The monoisotopic (exact) mass is 395 g/mol. The van der Waals surface area contributed by atoms with Gasteiger partial charge in [0.1, 0.15) is 16.9 Å². The van der Waals surface area contributed by atoms with Crippen molar-refractivity contribution in [1.82, 2.24) is 14.5 Å². The van der Waals surface area contributed by atoms with E-state index in [1.165, 1.54) is 16.8 Å². The van der Waals surface area contributed by atoms with Gasteiger partial charge in [0, 0.05) is 35.1 Å². The van der Waals surface area contributed by atoms with E-state index in [1.807, 2.05) is 30.6 Å². The zero-order valence-corrected chi connectivity index (χ0v) is 17.8. The highest BCUT2D eigenvalue weighted by atomic mass is 16.3. The highest BCUT2D eigenvalue weighted by Gasteiger charge is 2.25. The SMILES string of the molecule is CC(C)c1cc2c(oc3cccnc32)c(C(C)C)c1-n1ccnc1-c1ccccc1. The van der Waals surface area contributed by atoms with Crippen molar-refractivity contribution < 1.29 is 4.42 Å². The molecule has 0 aliphatic heterocycles. The number of benzene rings is 2. The van der Waals surface area contributed by atoms with Gasteiger partial charge >= 0.3 is 0 Å². The lowest BCUT2D eigenvalue weighted by Crippen LogP contribution is -2.08. The average molecular weight is 396 g/mol. The molecule has 0 aliphatic carbocycles. The Hall–Kier alpha value is -3.40. The van der Waals surface area contributed by atoms with E-state index >= 15 is 0 Å². The second-order valence-electron chi connectivity index (χ2n) is 8.35. The molecule has 4 nitrogen and oxygen atoms in total. The zero-order valence-electron chi connectivity index (χ0n) is 17.8. The van der Waals surface area contributed by atoms with E-state index < -0.39 is 0 Å². The van der Waals surface area contributed by atoms with Crippen LogP contribution in [0.4, 0.5) is 0 Å². The molecule has 0 fully saturated rings. The number of fused-ring (bicyclic) bond motifs is 3. The molecule has 3 aromatic heterocycles. The van der Waals surface area contributed by atoms with Crippen LogP contribution in [0.25, 0.3) is 39.1 Å². The maximum absolute atomic E-state index is 6.37. The van der Waals surface area contributed by atoms with Crippen molar-refractivity contribution in [2.45, 2.75) is 39.5 Å². The maximum Gasteiger partial charge on any atom is 0.153 e. The molecule has 0 saturated heterocycles. The van der Waals surface area contributed by atoms with Gasteiger partial charge in [-0.25, -0.2) is 4.98 Å². The molecule has 0 atom stereocenters. The third-order valence-corrected chi connectivity index (χ3v) is 5.67. The summed E-state index contributed by atoms with van der Waals surface area (Å²) in [5.41, 5.74) is 7.41. The molecule has 0 saturated carbocycles. The lowest BCUT2D eigenvalue weighted by Gasteiger charge is -2.22. The van der Waals surface area contributed by atoms with E-state index in [9.17, 15) is 0 Å². The average Bonchev–Trinajstić information content (AvgIpc) is 3.37. The molecular formula is C26H25N3O. The summed E-state index contributed by atoms with van der Waals surface area (Å²) in [6.07, 6.45) is 5.77. The molecule has 30 heavy (non-hydrogen) atoms. The fourth-order valence-electron chi connectivity index (χ4n) is 4.30. The van der Waals surface area contributed by atoms with Crippen LogP contribution in [0.2, 0.25) is 0 Å². The second-order valence-corrected chi connectivity index (χ2v) is 8.35. The van der Waals surface area contributed by atoms with E-state index in [4.69, 9.17) is 9.40 Å². The van der Waals surface area contributed by atoms with Gasteiger partial charge in [-0.05, 0) is 35.6 Å². The van der Waals surface area contributed by atoms with Crippen LogP contribution in [0.15, 0.2) is 71.5 Å². The van der Waals surface area contributed by atoms with Gasteiger partial charge in [0.05, 0.1) is 5.69 Å². The molecule has 0 radical (unpaired) electrons. The van der Waals surface area contributed by atoms with Crippen LogP contribution in [-0.4, -0.2) is 14.5 Å². The lowest BCUT2D eigenvalue weighted by atomic mass is 9.90. The number of aromatic nitrogens is 3. The topological polar surface area (TPSA) is 43.9 Å². The summed E-state index contributed by atoms with van der Waals surface area (Å²) in [5.74, 6) is 1.54. The third-order valence-electron chi connectivity index (χ3n) is 5.67. The summed E-state index contributed by atoms with van der Waals surface area (Å²) in [6, 6.07) is 16.5. The van der Waals surface area contributed by atoms with Gasteiger partial charge in [-0.2, -0.15) is 0 Å². The number of imidazole rings is 1. The fourth-order valence-corrected chi connectivity index (χ4v) is 4.30. The minimum Gasteiger partial charge on any atom is -0.454 e. The summed E-state index contributed by atoms with van der Waals surface area (Å²) in [6.45, 7) is 8.93.